The van der Waals surface area contributed by atoms with Gasteiger partial charge in [0.15, 0.2) is 0 Å². The minimum Gasteiger partial charge on any atom is -0.391 e. The molecule has 1 aliphatic heterocycles. The zero-order valence-electron chi connectivity index (χ0n) is 13.0. The summed E-state index contributed by atoms with van der Waals surface area (Å²) < 4.78 is 0. The smallest absolute Gasteiger partial charge is 0.0695 e. The van der Waals surface area contributed by atoms with Gasteiger partial charge in [-0.2, -0.15) is 0 Å². The molecule has 0 amide bonds. The normalized spacial score (nSPS) is 28.7. The second-order valence-corrected chi connectivity index (χ2v) is 6.54. The van der Waals surface area contributed by atoms with Gasteiger partial charge in [0.25, 0.3) is 0 Å². The zero-order valence-corrected chi connectivity index (χ0v) is 13.0. The van der Waals surface area contributed by atoms with E-state index in [4.69, 9.17) is 0 Å². The molecule has 4 heteroatoms. The number of piperazine rings is 1. The molecule has 1 saturated carbocycles. The van der Waals surface area contributed by atoms with Crippen LogP contribution in [0.3, 0.4) is 0 Å². The first-order valence-electron chi connectivity index (χ1n) is 8.28. The van der Waals surface area contributed by atoms with Gasteiger partial charge >= 0.3 is 0 Å². The monoisotopic (exact) mass is 289 g/mol. The van der Waals surface area contributed by atoms with Crippen LogP contribution in [0.1, 0.15) is 36.9 Å². The average Bonchev–Trinajstić information content (AvgIpc) is 2.51. The lowest BCUT2D eigenvalue weighted by Gasteiger charge is -2.42. The fraction of sp³-hybridized carbons (Fsp3) is 0.706. The standard InChI is InChI=1S/C17H27N3O/c1-14-6-7-15(12-18-14)13-19-8-10-20(11-9-19)16-4-2-3-5-17(16)21/h6-7,12,16-17,21H,2-5,8-11,13H2,1H3/t16-,17-/m1/s1. The van der Waals surface area contributed by atoms with Crippen molar-refractivity contribution in [2.45, 2.75) is 51.3 Å². The molecule has 2 aliphatic rings. The molecule has 2 atom stereocenters. The molecule has 0 aromatic carbocycles. The fourth-order valence-electron chi connectivity index (χ4n) is 3.62. The van der Waals surface area contributed by atoms with Gasteiger partial charge in [0.1, 0.15) is 0 Å². The third kappa shape index (κ3) is 3.82. The SMILES string of the molecule is Cc1ccc(CN2CCN([C@@H]3CCCC[C@H]3O)CC2)cn1. The highest BCUT2D eigenvalue weighted by atomic mass is 16.3. The molecule has 0 radical (unpaired) electrons. The molecule has 0 unspecified atom stereocenters. The average molecular weight is 289 g/mol. The molecular weight excluding hydrogens is 262 g/mol. The molecule has 1 aromatic heterocycles. The van der Waals surface area contributed by atoms with E-state index < -0.39 is 0 Å². The number of aryl methyl sites for hydroxylation is 1. The second kappa shape index (κ2) is 6.86. The van der Waals surface area contributed by atoms with Crippen LogP contribution >= 0.6 is 0 Å². The van der Waals surface area contributed by atoms with Crippen LogP contribution in [-0.2, 0) is 6.54 Å². The molecule has 116 valence electrons. The Bertz CT molecular complexity index is 440. The fourth-order valence-corrected chi connectivity index (χ4v) is 3.62. The van der Waals surface area contributed by atoms with Gasteiger partial charge in [-0.3, -0.25) is 14.8 Å². The first-order chi connectivity index (χ1) is 10.2. The van der Waals surface area contributed by atoms with Crippen molar-refractivity contribution in [2.24, 2.45) is 0 Å². The third-order valence-electron chi connectivity index (χ3n) is 4.95. The largest absolute Gasteiger partial charge is 0.391 e. The highest BCUT2D eigenvalue weighted by molar-refractivity contribution is 5.13. The number of aliphatic hydroxyl groups excluding tert-OH is 1. The van der Waals surface area contributed by atoms with E-state index in [1.807, 2.05) is 13.1 Å². The van der Waals surface area contributed by atoms with Crippen molar-refractivity contribution in [3.05, 3.63) is 29.6 Å². The van der Waals surface area contributed by atoms with Gasteiger partial charge in [-0.25, -0.2) is 0 Å². The van der Waals surface area contributed by atoms with Gasteiger partial charge in [0.05, 0.1) is 6.10 Å². The van der Waals surface area contributed by atoms with Crippen molar-refractivity contribution < 1.29 is 5.11 Å². The molecule has 1 aliphatic carbocycles. The quantitative estimate of drug-likeness (QED) is 0.921. The lowest BCUT2D eigenvalue weighted by atomic mass is 9.91. The Labute approximate surface area is 127 Å². The third-order valence-corrected chi connectivity index (χ3v) is 4.95. The molecule has 2 heterocycles. The van der Waals surface area contributed by atoms with Gasteiger partial charge in [0.2, 0.25) is 0 Å². The van der Waals surface area contributed by atoms with E-state index in [1.165, 1.54) is 24.8 Å². The van der Waals surface area contributed by atoms with Gasteiger partial charge in [-0.05, 0) is 31.4 Å². The summed E-state index contributed by atoms with van der Waals surface area (Å²) in [5, 5.41) is 10.2. The van der Waals surface area contributed by atoms with Crippen LogP contribution in [0.15, 0.2) is 18.3 Å². The Morgan fingerprint density at radius 3 is 2.57 bits per heavy atom. The van der Waals surface area contributed by atoms with Crippen LogP contribution in [0.5, 0.6) is 0 Å². The summed E-state index contributed by atoms with van der Waals surface area (Å²) in [5.41, 5.74) is 2.38. The first kappa shape index (κ1) is 14.9. The summed E-state index contributed by atoms with van der Waals surface area (Å²) in [5.74, 6) is 0. The minimum atomic E-state index is -0.105. The Morgan fingerprint density at radius 2 is 1.90 bits per heavy atom. The van der Waals surface area contributed by atoms with Crippen molar-refractivity contribution in [3.63, 3.8) is 0 Å². The van der Waals surface area contributed by atoms with E-state index in [0.717, 1.165) is 44.8 Å². The summed E-state index contributed by atoms with van der Waals surface area (Å²) >= 11 is 0. The summed E-state index contributed by atoms with van der Waals surface area (Å²) in [6.07, 6.45) is 6.51. The molecule has 4 nitrogen and oxygen atoms in total. The van der Waals surface area contributed by atoms with Gasteiger partial charge in [0, 0.05) is 50.7 Å². The van der Waals surface area contributed by atoms with Crippen molar-refractivity contribution in [2.75, 3.05) is 26.2 Å². The molecule has 2 fully saturated rings. The molecule has 1 N–H and O–H groups in total. The summed E-state index contributed by atoms with van der Waals surface area (Å²) in [6, 6.07) is 4.67. The molecule has 1 aromatic rings. The van der Waals surface area contributed by atoms with E-state index in [-0.39, 0.29) is 6.10 Å². The maximum absolute atomic E-state index is 10.2. The van der Waals surface area contributed by atoms with E-state index in [2.05, 4.69) is 26.9 Å². The zero-order chi connectivity index (χ0) is 14.7. The van der Waals surface area contributed by atoms with Crippen LogP contribution in [0.2, 0.25) is 0 Å². The number of aromatic nitrogens is 1. The van der Waals surface area contributed by atoms with Crippen LogP contribution in [-0.4, -0.2) is 58.2 Å². The van der Waals surface area contributed by atoms with Crippen LogP contribution in [0.4, 0.5) is 0 Å². The lowest BCUT2D eigenvalue weighted by Crippen LogP contribution is -2.54. The van der Waals surface area contributed by atoms with Crippen molar-refractivity contribution in [1.82, 2.24) is 14.8 Å². The Hall–Kier alpha value is -0.970. The van der Waals surface area contributed by atoms with E-state index in [0.29, 0.717) is 6.04 Å². The summed E-state index contributed by atoms with van der Waals surface area (Å²) in [6.45, 7) is 7.38. The number of aliphatic hydroxyl groups is 1. The van der Waals surface area contributed by atoms with E-state index in [9.17, 15) is 5.11 Å². The maximum Gasteiger partial charge on any atom is 0.0695 e. The van der Waals surface area contributed by atoms with E-state index in [1.54, 1.807) is 0 Å². The van der Waals surface area contributed by atoms with Crippen LogP contribution in [0, 0.1) is 6.92 Å². The molecule has 0 spiro atoms. The minimum absolute atomic E-state index is 0.105. The lowest BCUT2D eigenvalue weighted by molar-refractivity contribution is -0.00473. The van der Waals surface area contributed by atoms with E-state index >= 15 is 0 Å². The predicted molar refractivity (Wildman–Crippen MR) is 84.1 cm³/mol. The summed E-state index contributed by atoms with van der Waals surface area (Å²) in [7, 11) is 0. The molecular formula is C17H27N3O. The Balaban J connectivity index is 1.49. The highest BCUT2D eigenvalue weighted by Gasteiger charge is 2.30. The van der Waals surface area contributed by atoms with Gasteiger partial charge in [-0.15, -0.1) is 0 Å². The second-order valence-electron chi connectivity index (χ2n) is 6.54. The molecule has 0 bridgehead atoms. The van der Waals surface area contributed by atoms with Crippen LogP contribution in [0.25, 0.3) is 0 Å². The topological polar surface area (TPSA) is 39.6 Å². The number of hydrogen-bond donors (Lipinski definition) is 1. The number of rotatable bonds is 3. The Kier molecular flexibility index (Phi) is 4.88. The Morgan fingerprint density at radius 1 is 1.14 bits per heavy atom. The highest BCUT2D eigenvalue weighted by Crippen LogP contribution is 2.24. The van der Waals surface area contributed by atoms with Crippen LogP contribution < -0.4 is 0 Å². The maximum atomic E-state index is 10.2. The van der Waals surface area contributed by atoms with Gasteiger partial charge in [-0.1, -0.05) is 18.9 Å². The first-order valence-corrected chi connectivity index (χ1v) is 8.28. The number of hydrogen-bond acceptors (Lipinski definition) is 4. The van der Waals surface area contributed by atoms with Crippen molar-refractivity contribution in [3.8, 4) is 0 Å². The molecule has 1 saturated heterocycles. The predicted octanol–water partition coefficient (Wildman–Crippen LogP) is 1.81. The van der Waals surface area contributed by atoms with Crippen molar-refractivity contribution in [1.29, 1.82) is 0 Å². The van der Waals surface area contributed by atoms with Crippen molar-refractivity contribution >= 4 is 0 Å². The number of nitrogens with zero attached hydrogens (tertiary/aromatic N) is 3. The number of pyridine rings is 1. The summed E-state index contributed by atoms with van der Waals surface area (Å²) in [4.78, 5) is 9.38. The molecule has 21 heavy (non-hydrogen) atoms. The van der Waals surface area contributed by atoms with Gasteiger partial charge < -0.3 is 5.11 Å². The molecule has 3 rings (SSSR count).